The van der Waals surface area contributed by atoms with E-state index >= 15 is 0 Å². The van der Waals surface area contributed by atoms with Gasteiger partial charge in [0.2, 0.25) is 11.7 Å². The molecular weight excluding hydrogens is 256 g/mol. The van der Waals surface area contributed by atoms with E-state index in [1.165, 1.54) is 5.56 Å². The van der Waals surface area contributed by atoms with E-state index in [0.29, 0.717) is 11.7 Å². The highest BCUT2D eigenvalue weighted by molar-refractivity contribution is 9.09. The van der Waals surface area contributed by atoms with Crippen molar-refractivity contribution in [2.45, 2.75) is 18.7 Å². The molecule has 2 aromatic rings. The van der Waals surface area contributed by atoms with Crippen LogP contribution in [0, 0.1) is 6.92 Å². The smallest absolute Gasteiger partial charge is 0.240 e. The van der Waals surface area contributed by atoms with Crippen molar-refractivity contribution in [3.63, 3.8) is 0 Å². The summed E-state index contributed by atoms with van der Waals surface area (Å²) in [4.78, 5) is 4.38. The minimum absolute atomic E-state index is 0.0866. The molecule has 78 valence electrons. The Morgan fingerprint density at radius 2 is 2.20 bits per heavy atom. The Hall–Kier alpha value is -1.16. The number of halogens is 1. The zero-order valence-corrected chi connectivity index (χ0v) is 10.2. The molecule has 0 fully saturated rings. The fourth-order valence-electron chi connectivity index (χ4n) is 1.30. The monoisotopic (exact) mass is 266 g/mol. The molecule has 0 radical (unpaired) electrons. The van der Waals surface area contributed by atoms with Gasteiger partial charge in [0.25, 0.3) is 0 Å². The van der Waals surface area contributed by atoms with E-state index in [1.807, 2.05) is 38.1 Å². The van der Waals surface area contributed by atoms with Crippen molar-refractivity contribution in [1.82, 2.24) is 10.1 Å². The molecule has 0 amide bonds. The first-order valence-corrected chi connectivity index (χ1v) is 5.63. The Morgan fingerprint density at radius 3 is 2.80 bits per heavy atom. The summed E-state index contributed by atoms with van der Waals surface area (Å²) in [5.74, 6) is 1.24. The fraction of sp³-hybridized carbons (Fsp3) is 0.273. The molecule has 15 heavy (non-hydrogen) atoms. The lowest BCUT2D eigenvalue weighted by atomic mass is 10.1. The number of nitrogens with zero attached hydrogens (tertiary/aromatic N) is 2. The van der Waals surface area contributed by atoms with Gasteiger partial charge in [0.1, 0.15) is 0 Å². The maximum Gasteiger partial charge on any atom is 0.240 e. The van der Waals surface area contributed by atoms with Crippen LogP contribution >= 0.6 is 15.9 Å². The molecule has 0 aliphatic carbocycles. The average Bonchev–Trinajstić information content (AvgIpc) is 2.66. The van der Waals surface area contributed by atoms with Crippen LogP contribution < -0.4 is 0 Å². The van der Waals surface area contributed by atoms with Gasteiger partial charge in [0.05, 0.1) is 4.83 Å². The van der Waals surface area contributed by atoms with E-state index in [4.69, 9.17) is 4.52 Å². The highest BCUT2D eigenvalue weighted by Gasteiger charge is 2.12. The van der Waals surface area contributed by atoms with Crippen molar-refractivity contribution in [2.24, 2.45) is 0 Å². The van der Waals surface area contributed by atoms with Crippen molar-refractivity contribution in [3.05, 3.63) is 35.7 Å². The summed E-state index contributed by atoms with van der Waals surface area (Å²) in [7, 11) is 0. The Bertz CT molecular complexity index is 465. The van der Waals surface area contributed by atoms with Crippen LogP contribution in [0.3, 0.4) is 0 Å². The predicted octanol–water partition coefficient (Wildman–Crippen LogP) is 3.50. The molecule has 1 aromatic carbocycles. The third kappa shape index (κ3) is 2.26. The SMILES string of the molecule is Cc1cccc(-c2noc(C(C)Br)n2)c1. The minimum Gasteiger partial charge on any atom is -0.338 e. The molecular formula is C11H11BrN2O. The molecule has 1 heterocycles. The molecule has 1 atom stereocenters. The first-order valence-electron chi connectivity index (χ1n) is 4.71. The second kappa shape index (κ2) is 4.14. The zero-order valence-electron chi connectivity index (χ0n) is 8.57. The predicted molar refractivity (Wildman–Crippen MR) is 61.8 cm³/mol. The Labute approximate surface area is 96.6 Å². The van der Waals surface area contributed by atoms with Gasteiger partial charge in [0.15, 0.2) is 0 Å². The molecule has 0 bridgehead atoms. The summed E-state index contributed by atoms with van der Waals surface area (Å²) >= 11 is 3.39. The van der Waals surface area contributed by atoms with Gasteiger partial charge < -0.3 is 4.52 Å². The van der Waals surface area contributed by atoms with Crippen molar-refractivity contribution in [1.29, 1.82) is 0 Å². The summed E-state index contributed by atoms with van der Waals surface area (Å²) in [5.41, 5.74) is 2.17. The lowest BCUT2D eigenvalue weighted by molar-refractivity contribution is 0.382. The molecule has 4 heteroatoms. The highest BCUT2D eigenvalue weighted by atomic mass is 79.9. The van der Waals surface area contributed by atoms with Crippen LogP contribution in [0.25, 0.3) is 11.4 Å². The first-order chi connectivity index (χ1) is 7.16. The second-order valence-corrected chi connectivity index (χ2v) is 4.82. The minimum atomic E-state index is 0.0866. The van der Waals surface area contributed by atoms with Crippen molar-refractivity contribution in [3.8, 4) is 11.4 Å². The van der Waals surface area contributed by atoms with Crippen LogP contribution in [0.15, 0.2) is 28.8 Å². The first kappa shape index (κ1) is 10.4. The van der Waals surface area contributed by atoms with Gasteiger partial charge in [-0.2, -0.15) is 4.98 Å². The van der Waals surface area contributed by atoms with E-state index < -0.39 is 0 Å². The summed E-state index contributed by atoms with van der Waals surface area (Å²) in [6, 6.07) is 8.03. The third-order valence-corrected chi connectivity index (χ3v) is 2.45. The number of hydrogen-bond donors (Lipinski definition) is 0. The molecule has 0 saturated carbocycles. The van der Waals surface area contributed by atoms with Crippen LogP contribution in [0.5, 0.6) is 0 Å². The van der Waals surface area contributed by atoms with Crippen LogP contribution in [0.1, 0.15) is 23.2 Å². The van der Waals surface area contributed by atoms with Crippen molar-refractivity contribution < 1.29 is 4.52 Å². The summed E-state index contributed by atoms with van der Waals surface area (Å²) in [6.45, 7) is 3.99. The van der Waals surface area contributed by atoms with Gasteiger partial charge in [-0.15, -0.1) is 0 Å². The topological polar surface area (TPSA) is 38.9 Å². The molecule has 1 aromatic heterocycles. The van der Waals surface area contributed by atoms with E-state index in [0.717, 1.165) is 5.56 Å². The highest BCUT2D eigenvalue weighted by Crippen LogP contribution is 2.23. The van der Waals surface area contributed by atoms with Gasteiger partial charge >= 0.3 is 0 Å². The molecule has 0 spiro atoms. The molecule has 0 aliphatic rings. The van der Waals surface area contributed by atoms with Crippen molar-refractivity contribution in [2.75, 3.05) is 0 Å². The summed E-state index contributed by atoms with van der Waals surface area (Å²) in [5, 5.41) is 3.93. The van der Waals surface area contributed by atoms with Gasteiger partial charge in [-0.05, 0) is 19.9 Å². The van der Waals surface area contributed by atoms with Gasteiger partial charge in [-0.25, -0.2) is 0 Å². The molecule has 2 rings (SSSR count). The Balaban J connectivity index is 2.37. The van der Waals surface area contributed by atoms with Gasteiger partial charge in [-0.3, -0.25) is 0 Å². The molecule has 0 aliphatic heterocycles. The summed E-state index contributed by atoms with van der Waals surface area (Å²) < 4.78 is 5.11. The maximum atomic E-state index is 5.11. The average molecular weight is 267 g/mol. The molecule has 0 N–H and O–H groups in total. The number of hydrogen-bond acceptors (Lipinski definition) is 3. The number of aryl methyl sites for hydroxylation is 1. The lowest BCUT2D eigenvalue weighted by Gasteiger charge is -1.95. The number of rotatable bonds is 2. The van der Waals surface area contributed by atoms with Crippen LogP contribution in [-0.2, 0) is 0 Å². The largest absolute Gasteiger partial charge is 0.338 e. The van der Waals surface area contributed by atoms with E-state index in [2.05, 4.69) is 26.1 Å². The van der Waals surface area contributed by atoms with Crippen LogP contribution in [-0.4, -0.2) is 10.1 Å². The Kier molecular flexibility index (Phi) is 2.86. The second-order valence-electron chi connectivity index (χ2n) is 3.44. The van der Waals surface area contributed by atoms with E-state index in [9.17, 15) is 0 Å². The summed E-state index contributed by atoms with van der Waals surface area (Å²) in [6.07, 6.45) is 0. The third-order valence-electron chi connectivity index (χ3n) is 2.06. The fourth-order valence-corrected chi connectivity index (χ4v) is 1.48. The van der Waals surface area contributed by atoms with Crippen LogP contribution in [0.4, 0.5) is 0 Å². The number of alkyl halides is 1. The number of benzene rings is 1. The standard InChI is InChI=1S/C11H11BrN2O/c1-7-4-3-5-9(6-7)10-13-11(8(2)12)15-14-10/h3-6,8H,1-2H3. The number of aromatic nitrogens is 2. The van der Waals surface area contributed by atoms with E-state index in [1.54, 1.807) is 0 Å². The molecule has 0 saturated heterocycles. The van der Waals surface area contributed by atoms with Gasteiger partial charge in [-0.1, -0.05) is 44.8 Å². The Morgan fingerprint density at radius 1 is 1.40 bits per heavy atom. The van der Waals surface area contributed by atoms with E-state index in [-0.39, 0.29) is 4.83 Å². The van der Waals surface area contributed by atoms with Gasteiger partial charge in [0, 0.05) is 5.56 Å². The normalized spacial score (nSPS) is 12.7. The van der Waals surface area contributed by atoms with Crippen molar-refractivity contribution >= 4 is 15.9 Å². The lowest BCUT2D eigenvalue weighted by Crippen LogP contribution is -1.84. The molecule has 1 unspecified atom stereocenters. The molecule has 3 nitrogen and oxygen atoms in total. The zero-order chi connectivity index (χ0) is 10.8. The maximum absolute atomic E-state index is 5.11. The van der Waals surface area contributed by atoms with Crippen LogP contribution in [0.2, 0.25) is 0 Å². The quantitative estimate of drug-likeness (QED) is 0.781.